The van der Waals surface area contributed by atoms with Gasteiger partial charge in [0.15, 0.2) is 11.5 Å². The van der Waals surface area contributed by atoms with Crippen LogP contribution in [0.25, 0.3) is 10.1 Å². The Labute approximate surface area is 218 Å². The molecule has 1 N–H and O–H groups in total. The van der Waals surface area contributed by atoms with Crippen molar-refractivity contribution in [1.29, 1.82) is 0 Å². The number of nitro groups is 2. The number of nitro benzene ring substituents is 2. The van der Waals surface area contributed by atoms with Crippen LogP contribution >= 0.6 is 22.9 Å². The highest BCUT2D eigenvalue weighted by molar-refractivity contribution is 7.20. The van der Waals surface area contributed by atoms with E-state index in [1.807, 2.05) is 0 Å². The molecule has 0 atom stereocenters. The lowest BCUT2D eigenvalue weighted by atomic mass is 10.2. The van der Waals surface area contributed by atoms with Crippen LogP contribution in [0.2, 0.25) is 5.02 Å². The van der Waals surface area contributed by atoms with Gasteiger partial charge in [-0.1, -0.05) is 23.7 Å². The number of hydrogen-bond acceptors (Lipinski definition) is 9. The number of halogens is 1. The molecule has 4 aromatic rings. The maximum atomic E-state index is 12.5. The summed E-state index contributed by atoms with van der Waals surface area (Å²) in [6.45, 7) is 0.0274. The highest BCUT2D eigenvalue weighted by Crippen LogP contribution is 2.37. The second-order valence-electron chi connectivity index (χ2n) is 7.54. The minimum Gasteiger partial charge on any atom is -0.493 e. The summed E-state index contributed by atoms with van der Waals surface area (Å²) in [6.07, 6.45) is 1.37. The van der Waals surface area contributed by atoms with Crippen LogP contribution in [-0.4, -0.2) is 29.1 Å². The molecule has 0 spiro atoms. The van der Waals surface area contributed by atoms with Crippen LogP contribution in [0.5, 0.6) is 11.5 Å². The number of carbonyl (C=O) groups excluding carboxylic acids is 1. The van der Waals surface area contributed by atoms with E-state index in [9.17, 15) is 25.0 Å². The summed E-state index contributed by atoms with van der Waals surface area (Å²) in [4.78, 5) is 33.8. The Morgan fingerprint density at radius 3 is 2.57 bits per heavy atom. The molecule has 4 rings (SSSR count). The number of amides is 1. The molecule has 0 aliphatic heterocycles. The molecule has 0 radical (unpaired) electrons. The molecular formula is C24H17ClN4O7S. The first-order valence-corrected chi connectivity index (χ1v) is 11.7. The standard InChI is InChI=1S/C24H17ClN4O7S/c1-35-20-9-15(8-19(25)23(20)36-13-14-3-2-4-17(7-14)28(31)32)12-26-27-24(30)22-11-16-10-18(29(33)34)5-6-21(16)37-22/h2-12H,13H2,1H3,(H,27,30)/b26-12-. The lowest BCUT2D eigenvalue weighted by Crippen LogP contribution is -2.16. The highest BCUT2D eigenvalue weighted by atomic mass is 35.5. The average molecular weight is 541 g/mol. The van der Waals surface area contributed by atoms with Gasteiger partial charge in [0.1, 0.15) is 6.61 Å². The number of thiophene rings is 1. The fourth-order valence-electron chi connectivity index (χ4n) is 3.35. The van der Waals surface area contributed by atoms with Crippen molar-refractivity contribution in [2.24, 2.45) is 5.10 Å². The van der Waals surface area contributed by atoms with Crippen LogP contribution in [0.3, 0.4) is 0 Å². The van der Waals surface area contributed by atoms with E-state index < -0.39 is 15.8 Å². The monoisotopic (exact) mass is 540 g/mol. The molecule has 0 unspecified atom stereocenters. The van der Waals surface area contributed by atoms with Gasteiger partial charge in [0.25, 0.3) is 17.3 Å². The largest absolute Gasteiger partial charge is 0.493 e. The zero-order valence-electron chi connectivity index (χ0n) is 19.0. The van der Waals surface area contributed by atoms with Crippen molar-refractivity contribution in [3.05, 3.63) is 102 Å². The van der Waals surface area contributed by atoms with E-state index >= 15 is 0 Å². The number of carbonyl (C=O) groups is 1. The molecule has 0 saturated heterocycles. The molecule has 37 heavy (non-hydrogen) atoms. The molecule has 13 heteroatoms. The first-order chi connectivity index (χ1) is 17.7. The fraction of sp³-hybridized carbons (Fsp3) is 0.0833. The second-order valence-corrected chi connectivity index (χ2v) is 9.03. The Kier molecular flexibility index (Phi) is 7.60. The Morgan fingerprint density at radius 1 is 1.08 bits per heavy atom. The number of hydrazone groups is 1. The summed E-state index contributed by atoms with van der Waals surface area (Å²) in [7, 11) is 1.43. The molecule has 3 aromatic carbocycles. The zero-order valence-corrected chi connectivity index (χ0v) is 20.6. The summed E-state index contributed by atoms with van der Waals surface area (Å²) >= 11 is 7.56. The SMILES string of the molecule is COc1cc(/C=N\NC(=O)c2cc3cc([N+](=O)[O-])ccc3s2)cc(Cl)c1OCc1cccc([N+](=O)[O-])c1. The van der Waals surface area contributed by atoms with E-state index in [0.717, 1.165) is 4.70 Å². The molecule has 0 aliphatic carbocycles. The summed E-state index contributed by atoms with van der Waals surface area (Å²) in [5.74, 6) is 0.0723. The van der Waals surface area contributed by atoms with Gasteiger partial charge in [-0.25, -0.2) is 5.43 Å². The number of nitrogens with one attached hydrogen (secondary N) is 1. The summed E-state index contributed by atoms with van der Waals surface area (Å²) < 4.78 is 11.8. The molecule has 0 saturated carbocycles. The normalized spacial score (nSPS) is 11.0. The fourth-order valence-corrected chi connectivity index (χ4v) is 4.55. The average Bonchev–Trinajstić information content (AvgIpc) is 3.31. The second kappa shape index (κ2) is 11.0. The van der Waals surface area contributed by atoms with Crippen molar-refractivity contribution in [1.82, 2.24) is 5.43 Å². The number of nitrogens with zero attached hydrogens (tertiary/aromatic N) is 3. The highest BCUT2D eigenvalue weighted by Gasteiger charge is 2.15. The molecule has 0 aliphatic rings. The van der Waals surface area contributed by atoms with Gasteiger partial charge in [-0.15, -0.1) is 11.3 Å². The molecule has 0 bridgehead atoms. The summed E-state index contributed by atoms with van der Waals surface area (Å²) in [5, 5.41) is 26.7. The number of non-ortho nitro benzene ring substituents is 2. The van der Waals surface area contributed by atoms with E-state index in [1.54, 1.807) is 36.4 Å². The molecule has 1 heterocycles. The third-order valence-electron chi connectivity index (χ3n) is 5.07. The molecule has 1 amide bonds. The van der Waals surface area contributed by atoms with Crippen LogP contribution in [0.1, 0.15) is 20.8 Å². The van der Waals surface area contributed by atoms with E-state index in [2.05, 4.69) is 10.5 Å². The van der Waals surface area contributed by atoms with Gasteiger partial charge in [-0.3, -0.25) is 25.0 Å². The van der Waals surface area contributed by atoms with Crippen molar-refractivity contribution in [3.8, 4) is 11.5 Å². The zero-order chi connectivity index (χ0) is 26.5. The summed E-state index contributed by atoms with van der Waals surface area (Å²) in [5.41, 5.74) is 3.40. The third kappa shape index (κ3) is 6.00. The Hall–Kier alpha value is -4.55. The Balaban J connectivity index is 1.44. The first-order valence-electron chi connectivity index (χ1n) is 10.5. The van der Waals surface area contributed by atoms with Gasteiger partial charge in [0.2, 0.25) is 0 Å². The Morgan fingerprint density at radius 2 is 1.84 bits per heavy atom. The predicted octanol–water partition coefficient (Wildman–Crippen LogP) is 5.72. The molecule has 11 nitrogen and oxygen atoms in total. The van der Waals surface area contributed by atoms with Gasteiger partial charge in [0, 0.05) is 34.4 Å². The smallest absolute Gasteiger partial charge is 0.281 e. The first kappa shape index (κ1) is 25.5. The van der Waals surface area contributed by atoms with Crippen molar-refractivity contribution in [2.75, 3.05) is 7.11 Å². The van der Waals surface area contributed by atoms with Gasteiger partial charge >= 0.3 is 0 Å². The van der Waals surface area contributed by atoms with Crippen molar-refractivity contribution in [3.63, 3.8) is 0 Å². The minimum atomic E-state index is -0.495. The molecule has 0 fully saturated rings. The van der Waals surface area contributed by atoms with Crippen molar-refractivity contribution < 1.29 is 24.1 Å². The minimum absolute atomic E-state index is 0.0274. The van der Waals surface area contributed by atoms with E-state index in [4.69, 9.17) is 21.1 Å². The van der Waals surface area contributed by atoms with Crippen LogP contribution < -0.4 is 14.9 Å². The van der Waals surface area contributed by atoms with E-state index in [-0.39, 0.29) is 28.8 Å². The number of fused-ring (bicyclic) bond motifs is 1. The molecule has 1 aromatic heterocycles. The molecular weight excluding hydrogens is 524 g/mol. The lowest BCUT2D eigenvalue weighted by Gasteiger charge is -2.13. The van der Waals surface area contributed by atoms with Crippen molar-refractivity contribution in [2.45, 2.75) is 6.61 Å². The van der Waals surface area contributed by atoms with Gasteiger partial charge in [0.05, 0.1) is 33.1 Å². The number of methoxy groups -OCH3 is 1. The lowest BCUT2D eigenvalue weighted by molar-refractivity contribution is -0.385. The van der Waals surface area contributed by atoms with E-state index in [0.29, 0.717) is 27.1 Å². The van der Waals surface area contributed by atoms with Crippen LogP contribution in [-0.2, 0) is 6.61 Å². The number of benzene rings is 3. The maximum absolute atomic E-state index is 12.5. The van der Waals surface area contributed by atoms with Crippen LogP contribution in [0, 0.1) is 20.2 Å². The number of ether oxygens (including phenoxy) is 2. The van der Waals surface area contributed by atoms with Gasteiger partial charge < -0.3 is 9.47 Å². The Bertz CT molecular complexity index is 1550. The summed E-state index contributed by atoms with van der Waals surface area (Å²) in [6, 6.07) is 15.1. The maximum Gasteiger partial charge on any atom is 0.281 e. The molecule has 188 valence electrons. The quantitative estimate of drug-likeness (QED) is 0.162. The van der Waals surface area contributed by atoms with Crippen LogP contribution in [0.4, 0.5) is 11.4 Å². The van der Waals surface area contributed by atoms with Crippen LogP contribution in [0.15, 0.2) is 65.8 Å². The van der Waals surface area contributed by atoms with E-state index in [1.165, 1.54) is 48.9 Å². The third-order valence-corrected chi connectivity index (χ3v) is 6.47. The topological polar surface area (TPSA) is 146 Å². The van der Waals surface area contributed by atoms with Crippen molar-refractivity contribution >= 4 is 56.5 Å². The number of rotatable bonds is 9. The van der Waals surface area contributed by atoms with Gasteiger partial charge in [-0.2, -0.15) is 5.10 Å². The predicted molar refractivity (Wildman–Crippen MR) is 139 cm³/mol. The number of hydrogen-bond donors (Lipinski definition) is 1. The van der Waals surface area contributed by atoms with Gasteiger partial charge in [-0.05, 0) is 35.4 Å².